The zero-order chi connectivity index (χ0) is 15.2. The monoisotopic (exact) mass is 284 g/mol. The van der Waals surface area contributed by atoms with Crippen LogP contribution in [0.2, 0.25) is 0 Å². The minimum Gasteiger partial charge on any atom is -0.493 e. The molecule has 2 rings (SSSR count). The minimum absolute atomic E-state index is 0.196. The average Bonchev–Trinajstić information content (AvgIpc) is 2.52. The molecule has 0 aliphatic heterocycles. The van der Waals surface area contributed by atoms with Crippen LogP contribution in [-0.4, -0.2) is 25.3 Å². The van der Waals surface area contributed by atoms with Crippen LogP contribution in [0.4, 0.5) is 0 Å². The van der Waals surface area contributed by atoms with Gasteiger partial charge in [-0.2, -0.15) is 0 Å². The van der Waals surface area contributed by atoms with Crippen LogP contribution in [0.3, 0.4) is 0 Å². The van der Waals surface area contributed by atoms with E-state index in [0.29, 0.717) is 22.6 Å². The quantitative estimate of drug-likeness (QED) is 0.676. The molecule has 0 heterocycles. The summed E-state index contributed by atoms with van der Waals surface area (Å²) < 4.78 is 10.5. The second-order valence-electron chi connectivity index (χ2n) is 4.31. The predicted octanol–water partition coefficient (Wildman–Crippen LogP) is 3.33. The van der Waals surface area contributed by atoms with Crippen molar-refractivity contribution < 1.29 is 19.4 Å². The number of methoxy groups -OCH3 is 2. The van der Waals surface area contributed by atoms with E-state index in [2.05, 4.69) is 0 Å². The van der Waals surface area contributed by atoms with E-state index in [1.54, 1.807) is 55.7 Å². The van der Waals surface area contributed by atoms with Crippen LogP contribution in [0, 0.1) is 0 Å². The Balaban J connectivity index is 2.57. The Morgan fingerprint density at radius 2 is 1.71 bits per heavy atom. The van der Waals surface area contributed by atoms with Crippen molar-refractivity contribution in [2.45, 2.75) is 0 Å². The Hall–Kier alpha value is -2.75. The Morgan fingerprint density at radius 3 is 2.29 bits per heavy atom. The average molecular weight is 284 g/mol. The van der Waals surface area contributed by atoms with Crippen molar-refractivity contribution in [3.63, 3.8) is 0 Å². The van der Waals surface area contributed by atoms with Crippen molar-refractivity contribution in [3.05, 3.63) is 59.7 Å². The summed E-state index contributed by atoms with van der Waals surface area (Å²) in [5, 5.41) is 9.44. The molecule has 2 aromatic rings. The maximum absolute atomic E-state index is 11.5. The highest BCUT2D eigenvalue weighted by molar-refractivity contribution is 6.20. The maximum Gasteiger partial charge on any atom is 0.336 e. The number of hydrogen-bond acceptors (Lipinski definition) is 3. The van der Waals surface area contributed by atoms with Gasteiger partial charge in [0, 0.05) is 5.56 Å². The Morgan fingerprint density at radius 1 is 1.00 bits per heavy atom. The Kier molecular flexibility index (Phi) is 4.61. The molecular formula is C17H16O4. The summed E-state index contributed by atoms with van der Waals surface area (Å²) in [6, 6.07) is 14.3. The van der Waals surface area contributed by atoms with E-state index in [0.717, 1.165) is 0 Å². The van der Waals surface area contributed by atoms with Gasteiger partial charge in [-0.3, -0.25) is 0 Å². The summed E-state index contributed by atoms with van der Waals surface area (Å²) >= 11 is 0. The van der Waals surface area contributed by atoms with Gasteiger partial charge in [-0.05, 0) is 17.7 Å². The molecule has 0 saturated heterocycles. The van der Waals surface area contributed by atoms with Crippen molar-refractivity contribution in [2.24, 2.45) is 0 Å². The number of hydrogen-bond donors (Lipinski definition) is 1. The molecule has 108 valence electrons. The highest BCUT2D eigenvalue weighted by atomic mass is 16.5. The van der Waals surface area contributed by atoms with Gasteiger partial charge in [0.15, 0.2) is 11.5 Å². The molecule has 0 aromatic heterocycles. The summed E-state index contributed by atoms with van der Waals surface area (Å²) in [4.78, 5) is 11.5. The second kappa shape index (κ2) is 6.61. The fraction of sp³-hybridized carbons (Fsp3) is 0.118. The highest BCUT2D eigenvalue weighted by Gasteiger charge is 2.13. The first-order valence-corrected chi connectivity index (χ1v) is 6.38. The van der Waals surface area contributed by atoms with Gasteiger partial charge in [0.1, 0.15) is 0 Å². The molecule has 0 spiro atoms. The number of benzene rings is 2. The van der Waals surface area contributed by atoms with Gasteiger partial charge in [-0.25, -0.2) is 4.79 Å². The molecular weight excluding hydrogens is 268 g/mol. The number of carbonyl (C=O) groups is 1. The van der Waals surface area contributed by atoms with Gasteiger partial charge in [0.25, 0.3) is 0 Å². The summed E-state index contributed by atoms with van der Waals surface area (Å²) in [7, 11) is 3.07. The summed E-state index contributed by atoms with van der Waals surface area (Å²) in [5.41, 5.74) is 1.48. The van der Waals surface area contributed by atoms with Crippen LogP contribution in [0.15, 0.2) is 48.5 Å². The van der Waals surface area contributed by atoms with Gasteiger partial charge in [-0.15, -0.1) is 0 Å². The fourth-order valence-electron chi connectivity index (χ4n) is 2.07. The summed E-state index contributed by atoms with van der Waals surface area (Å²) in [6.45, 7) is 0. The third kappa shape index (κ3) is 3.23. The zero-order valence-corrected chi connectivity index (χ0v) is 11.9. The van der Waals surface area contributed by atoms with Crippen molar-refractivity contribution in [2.75, 3.05) is 14.2 Å². The predicted molar refractivity (Wildman–Crippen MR) is 81.5 cm³/mol. The van der Waals surface area contributed by atoms with Crippen molar-refractivity contribution >= 4 is 17.6 Å². The molecule has 4 heteroatoms. The molecule has 0 saturated carbocycles. The lowest BCUT2D eigenvalue weighted by molar-refractivity contribution is -0.130. The standard InChI is InChI=1S/C17H16O4/c1-20-15-10-6-9-13(16(15)21-2)11-14(17(18)19)12-7-4-3-5-8-12/h3-11H,1-2H3,(H,18,19). The molecule has 2 aromatic carbocycles. The highest BCUT2D eigenvalue weighted by Crippen LogP contribution is 2.33. The lowest BCUT2D eigenvalue weighted by Crippen LogP contribution is -2.00. The van der Waals surface area contributed by atoms with E-state index in [1.165, 1.54) is 7.11 Å². The zero-order valence-electron chi connectivity index (χ0n) is 11.9. The van der Waals surface area contributed by atoms with Gasteiger partial charge < -0.3 is 14.6 Å². The molecule has 0 fully saturated rings. The molecule has 0 aliphatic carbocycles. The van der Waals surface area contributed by atoms with Gasteiger partial charge in [0.05, 0.1) is 19.8 Å². The van der Waals surface area contributed by atoms with Crippen LogP contribution in [-0.2, 0) is 4.79 Å². The summed E-state index contributed by atoms with van der Waals surface area (Å²) in [6.07, 6.45) is 1.58. The lowest BCUT2D eigenvalue weighted by atomic mass is 10.0. The van der Waals surface area contributed by atoms with E-state index < -0.39 is 5.97 Å². The third-order valence-corrected chi connectivity index (χ3v) is 3.05. The molecule has 0 radical (unpaired) electrons. The topological polar surface area (TPSA) is 55.8 Å². The molecule has 0 aliphatic rings. The van der Waals surface area contributed by atoms with Crippen LogP contribution in [0.1, 0.15) is 11.1 Å². The lowest BCUT2D eigenvalue weighted by Gasteiger charge is -2.11. The first-order chi connectivity index (χ1) is 10.2. The molecule has 0 bridgehead atoms. The second-order valence-corrected chi connectivity index (χ2v) is 4.31. The van der Waals surface area contributed by atoms with Crippen molar-refractivity contribution in [1.82, 2.24) is 0 Å². The SMILES string of the molecule is COc1cccc(C=C(C(=O)O)c2ccccc2)c1OC. The normalized spacial score (nSPS) is 11.0. The molecule has 0 amide bonds. The number of carboxylic acids is 1. The summed E-state index contributed by atoms with van der Waals surface area (Å²) in [5.74, 6) is 0.0739. The largest absolute Gasteiger partial charge is 0.493 e. The molecule has 21 heavy (non-hydrogen) atoms. The number of aliphatic carboxylic acids is 1. The van der Waals surface area contributed by atoms with Crippen LogP contribution >= 0.6 is 0 Å². The van der Waals surface area contributed by atoms with E-state index in [-0.39, 0.29) is 5.57 Å². The Labute approximate surface area is 123 Å². The first-order valence-electron chi connectivity index (χ1n) is 6.38. The Bertz CT molecular complexity index is 660. The van der Waals surface area contributed by atoms with E-state index in [4.69, 9.17) is 9.47 Å². The maximum atomic E-state index is 11.5. The molecule has 1 N–H and O–H groups in total. The van der Waals surface area contributed by atoms with E-state index in [1.807, 2.05) is 6.07 Å². The number of ether oxygens (including phenoxy) is 2. The van der Waals surface area contributed by atoms with Crippen LogP contribution in [0.25, 0.3) is 11.6 Å². The van der Waals surface area contributed by atoms with Crippen molar-refractivity contribution in [3.8, 4) is 11.5 Å². The third-order valence-electron chi connectivity index (χ3n) is 3.05. The van der Waals surface area contributed by atoms with Gasteiger partial charge in [-0.1, -0.05) is 42.5 Å². The molecule has 0 atom stereocenters. The molecule has 0 unspecified atom stereocenters. The molecule has 4 nitrogen and oxygen atoms in total. The van der Waals surface area contributed by atoms with E-state index in [9.17, 15) is 9.90 Å². The van der Waals surface area contributed by atoms with Crippen LogP contribution in [0.5, 0.6) is 11.5 Å². The number of rotatable bonds is 5. The van der Waals surface area contributed by atoms with E-state index >= 15 is 0 Å². The van der Waals surface area contributed by atoms with Crippen LogP contribution < -0.4 is 9.47 Å². The fourth-order valence-corrected chi connectivity index (χ4v) is 2.07. The van der Waals surface area contributed by atoms with Crippen molar-refractivity contribution in [1.29, 1.82) is 0 Å². The first kappa shape index (κ1) is 14.7. The smallest absolute Gasteiger partial charge is 0.336 e. The van der Waals surface area contributed by atoms with Gasteiger partial charge in [0.2, 0.25) is 0 Å². The van der Waals surface area contributed by atoms with Gasteiger partial charge >= 0.3 is 5.97 Å². The number of carboxylic acid groups (broad SMARTS) is 1. The number of para-hydroxylation sites is 1. The minimum atomic E-state index is -0.994.